The molecule has 104 valence electrons. The molecule has 0 aliphatic carbocycles. The monoisotopic (exact) mass is 311 g/mol. The molecular formula is C12H10ClN3O3S. The third kappa shape index (κ3) is 3.00. The summed E-state index contributed by atoms with van der Waals surface area (Å²) >= 11 is 7.15. The van der Waals surface area contributed by atoms with Crippen LogP contribution in [0.5, 0.6) is 0 Å². The highest BCUT2D eigenvalue weighted by Crippen LogP contribution is 2.19. The van der Waals surface area contributed by atoms with Crippen molar-refractivity contribution >= 4 is 29.1 Å². The van der Waals surface area contributed by atoms with Gasteiger partial charge in [0.15, 0.2) is 0 Å². The number of benzene rings is 1. The number of thioether (sulfide) groups is 1. The maximum absolute atomic E-state index is 12.1. The number of rotatable bonds is 4. The van der Waals surface area contributed by atoms with E-state index in [0.717, 1.165) is 5.56 Å². The zero-order valence-corrected chi connectivity index (χ0v) is 12.0. The molecule has 0 bridgehead atoms. The largest absolute Gasteiger partial charge is 0.282 e. The van der Waals surface area contributed by atoms with Gasteiger partial charge in [-0.25, -0.2) is 4.68 Å². The van der Waals surface area contributed by atoms with Gasteiger partial charge in [0, 0.05) is 12.1 Å². The highest BCUT2D eigenvalue weighted by atomic mass is 35.5. The second-order valence-electron chi connectivity index (χ2n) is 3.91. The van der Waals surface area contributed by atoms with Crippen LogP contribution in [-0.2, 0) is 6.54 Å². The van der Waals surface area contributed by atoms with Crippen molar-refractivity contribution in [3.8, 4) is 0 Å². The Morgan fingerprint density at radius 3 is 2.60 bits per heavy atom. The molecule has 0 unspecified atom stereocenters. The summed E-state index contributed by atoms with van der Waals surface area (Å²) in [6, 6.07) is 5.98. The fourth-order valence-electron chi connectivity index (χ4n) is 1.64. The van der Waals surface area contributed by atoms with E-state index < -0.39 is 4.92 Å². The maximum atomic E-state index is 12.1. The number of nitro benzene ring substituents is 1. The van der Waals surface area contributed by atoms with Crippen LogP contribution >= 0.6 is 23.4 Å². The molecule has 20 heavy (non-hydrogen) atoms. The van der Waals surface area contributed by atoms with Crippen LogP contribution in [0.3, 0.4) is 0 Å². The number of non-ortho nitro benzene ring substituents is 1. The van der Waals surface area contributed by atoms with Crippen molar-refractivity contribution in [1.82, 2.24) is 9.78 Å². The average Bonchev–Trinajstić information content (AvgIpc) is 2.43. The van der Waals surface area contributed by atoms with E-state index in [1.54, 1.807) is 18.4 Å². The number of hydrogen-bond acceptors (Lipinski definition) is 5. The van der Waals surface area contributed by atoms with Crippen LogP contribution in [0.15, 0.2) is 40.2 Å². The van der Waals surface area contributed by atoms with Crippen molar-refractivity contribution in [2.75, 3.05) is 6.26 Å². The minimum Gasteiger partial charge on any atom is -0.266 e. The maximum Gasteiger partial charge on any atom is 0.282 e. The minimum absolute atomic E-state index is 0.00923. The van der Waals surface area contributed by atoms with Crippen LogP contribution in [0.1, 0.15) is 5.56 Å². The van der Waals surface area contributed by atoms with Gasteiger partial charge in [0.05, 0.1) is 27.6 Å². The van der Waals surface area contributed by atoms with Crippen LogP contribution in [-0.4, -0.2) is 21.0 Å². The zero-order chi connectivity index (χ0) is 14.7. The highest BCUT2D eigenvalue weighted by Gasteiger charge is 2.10. The number of nitro groups is 1. The second kappa shape index (κ2) is 6.06. The Morgan fingerprint density at radius 2 is 2.05 bits per heavy atom. The fourth-order valence-corrected chi connectivity index (χ4v) is 2.53. The summed E-state index contributed by atoms with van der Waals surface area (Å²) in [6.45, 7) is 0.238. The second-order valence-corrected chi connectivity index (χ2v) is 5.14. The number of halogens is 1. The van der Waals surface area contributed by atoms with Gasteiger partial charge in [-0.1, -0.05) is 23.7 Å². The van der Waals surface area contributed by atoms with Crippen LogP contribution < -0.4 is 5.56 Å². The van der Waals surface area contributed by atoms with Crippen molar-refractivity contribution in [3.63, 3.8) is 0 Å². The molecule has 1 aromatic heterocycles. The smallest absolute Gasteiger partial charge is 0.266 e. The van der Waals surface area contributed by atoms with E-state index in [1.165, 1.54) is 34.8 Å². The predicted octanol–water partition coefficient (Wildman–Crippen LogP) is 2.58. The first-order valence-electron chi connectivity index (χ1n) is 5.56. The van der Waals surface area contributed by atoms with E-state index in [-0.39, 0.29) is 17.8 Å². The van der Waals surface area contributed by atoms with Crippen LogP contribution in [0.4, 0.5) is 5.69 Å². The van der Waals surface area contributed by atoms with Gasteiger partial charge < -0.3 is 0 Å². The molecule has 0 radical (unpaired) electrons. The molecule has 6 nitrogen and oxygen atoms in total. The van der Waals surface area contributed by atoms with E-state index in [2.05, 4.69) is 5.10 Å². The third-order valence-corrected chi connectivity index (χ3v) is 3.84. The summed E-state index contributed by atoms with van der Waals surface area (Å²) < 4.78 is 1.28. The zero-order valence-electron chi connectivity index (χ0n) is 10.4. The predicted molar refractivity (Wildman–Crippen MR) is 77.5 cm³/mol. The van der Waals surface area contributed by atoms with Gasteiger partial charge in [0.25, 0.3) is 11.2 Å². The van der Waals surface area contributed by atoms with E-state index in [9.17, 15) is 14.9 Å². The lowest BCUT2D eigenvalue weighted by molar-refractivity contribution is -0.384. The molecule has 0 atom stereocenters. The average molecular weight is 312 g/mol. The number of hydrogen-bond donors (Lipinski definition) is 0. The summed E-state index contributed by atoms with van der Waals surface area (Å²) in [4.78, 5) is 22.6. The topological polar surface area (TPSA) is 78.0 Å². The molecule has 0 aliphatic rings. The van der Waals surface area contributed by atoms with Crippen molar-refractivity contribution < 1.29 is 4.92 Å². The first kappa shape index (κ1) is 14.5. The normalized spacial score (nSPS) is 10.5. The molecule has 1 aromatic carbocycles. The van der Waals surface area contributed by atoms with Gasteiger partial charge in [-0.15, -0.1) is 11.8 Å². The van der Waals surface area contributed by atoms with E-state index in [0.29, 0.717) is 9.92 Å². The van der Waals surface area contributed by atoms with Crippen molar-refractivity contribution in [3.05, 3.63) is 61.5 Å². The Labute approximate surface area is 123 Å². The standard InChI is InChI=1S/C12H10ClN3O3S/c1-20-11-10(13)6-14-15(12(11)17)7-8-2-4-9(5-3-8)16(18)19/h2-6H,7H2,1H3. The lowest BCUT2D eigenvalue weighted by Gasteiger charge is -2.07. The van der Waals surface area contributed by atoms with Crippen LogP contribution in [0.25, 0.3) is 0 Å². The Bertz CT molecular complexity index is 700. The summed E-state index contributed by atoms with van der Waals surface area (Å²) in [5.74, 6) is 0. The van der Waals surface area contributed by atoms with Gasteiger partial charge in [-0.3, -0.25) is 14.9 Å². The molecule has 0 amide bonds. The Morgan fingerprint density at radius 1 is 1.40 bits per heavy atom. The quantitative estimate of drug-likeness (QED) is 0.492. The van der Waals surface area contributed by atoms with Gasteiger partial charge in [-0.2, -0.15) is 5.10 Å². The molecule has 0 fully saturated rings. The van der Waals surface area contributed by atoms with Gasteiger partial charge >= 0.3 is 0 Å². The molecule has 2 rings (SSSR count). The Balaban J connectivity index is 2.31. The van der Waals surface area contributed by atoms with Crippen LogP contribution in [0.2, 0.25) is 5.02 Å². The third-order valence-electron chi connectivity index (χ3n) is 2.64. The number of aromatic nitrogens is 2. The summed E-state index contributed by atoms with van der Waals surface area (Å²) in [6.07, 6.45) is 3.18. The Kier molecular flexibility index (Phi) is 4.41. The lowest BCUT2D eigenvalue weighted by atomic mass is 10.2. The molecule has 0 N–H and O–H groups in total. The van der Waals surface area contributed by atoms with Gasteiger partial charge in [0.1, 0.15) is 0 Å². The summed E-state index contributed by atoms with van der Waals surface area (Å²) in [7, 11) is 0. The van der Waals surface area contributed by atoms with Crippen molar-refractivity contribution in [1.29, 1.82) is 0 Å². The molecule has 2 aromatic rings. The molecular weight excluding hydrogens is 302 g/mol. The fraction of sp³-hybridized carbons (Fsp3) is 0.167. The van der Waals surface area contributed by atoms with Crippen molar-refractivity contribution in [2.24, 2.45) is 0 Å². The molecule has 0 saturated carbocycles. The van der Waals surface area contributed by atoms with Gasteiger partial charge in [0.2, 0.25) is 0 Å². The SMILES string of the molecule is CSc1c(Cl)cnn(Cc2ccc([N+](=O)[O-])cc2)c1=O. The van der Waals surface area contributed by atoms with E-state index in [4.69, 9.17) is 11.6 Å². The Hall–Kier alpha value is -1.86. The highest BCUT2D eigenvalue weighted by molar-refractivity contribution is 7.98. The lowest BCUT2D eigenvalue weighted by Crippen LogP contribution is -2.24. The first-order chi connectivity index (χ1) is 9.52. The molecule has 8 heteroatoms. The summed E-state index contributed by atoms with van der Waals surface area (Å²) in [5, 5.41) is 14.9. The first-order valence-corrected chi connectivity index (χ1v) is 7.16. The number of nitrogens with zero attached hydrogens (tertiary/aromatic N) is 3. The minimum atomic E-state index is -0.470. The van der Waals surface area contributed by atoms with Crippen LogP contribution in [0, 0.1) is 10.1 Å². The molecule has 1 heterocycles. The van der Waals surface area contributed by atoms with Crippen molar-refractivity contribution in [2.45, 2.75) is 11.4 Å². The van der Waals surface area contributed by atoms with E-state index in [1.807, 2.05) is 0 Å². The summed E-state index contributed by atoms with van der Waals surface area (Å²) in [5.41, 5.74) is 0.484. The molecule has 0 aliphatic heterocycles. The molecule has 0 saturated heterocycles. The molecule has 0 spiro atoms. The van der Waals surface area contributed by atoms with E-state index >= 15 is 0 Å². The van der Waals surface area contributed by atoms with Gasteiger partial charge in [-0.05, 0) is 11.8 Å².